The van der Waals surface area contributed by atoms with Crippen molar-refractivity contribution in [1.29, 1.82) is 0 Å². The van der Waals surface area contributed by atoms with Crippen molar-refractivity contribution in [2.24, 2.45) is 7.05 Å². The summed E-state index contributed by atoms with van der Waals surface area (Å²) in [6.45, 7) is 3.64. The van der Waals surface area contributed by atoms with Gasteiger partial charge in [0.25, 0.3) is 5.91 Å². The zero-order chi connectivity index (χ0) is 24.8. The summed E-state index contributed by atoms with van der Waals surface area (Å²) < 4.78 is 7.78. The Balaban J connectivity index is 1.50. The zero-order valence-corrected chi connectivity index (χ0v) is 20.3. The van der Waals surface area contributed by atoms with E-state index in [1.807, 2.05) is 55.1 Å². The number of rotatable bonds is 2. The molecule has 0 aliphatic carbocycles. The van der Waals surface area contributed by atoms with Gasteiger partial charge in [-0.15, -0.1) is 0 Å². The first-order valence-electron chi connectivity index (χ1n) is 12.0. The van der Waals surface area contributed by atoms with Gasteiger partial charge in [-0.2, -0.15) is 0 Å². The lowest BCUT2D eigenvalue weighted by Crippen LogP contribution is -2.40. The van der Waals surface area contributed by atoms with Crippen LogP contribution < -0.4 is 15.4 Å². The summed E-state index contributed by atoms with van der Waals surface area (Å²) >= 11 is 0. The van der Waals surface area contributed by atoms with Crippen molar-refractivity contribution in [3.8, 4) is 5.75 Å². The number of aromatic nitrogens is 1. The maximum atomic E-state index is 13.3. The van der Waals surface area contributed by atoms with Crippen LogP contribution in [0.5, 0.6) is 5.75 Å². The molecule has 2 heterocycles. The molecule has 0 fully saturated rings. The molecular weight excluding hydrogens is 444 g/mol. The van der Waals surface area contributed by atoms with Crippen LogP contribution in [0.15, 0.2) is 48.7 Å². The third kappa shape index (κ3) is 6.01. The van der Waals surface area contributed by atoms with Gasteiger partial charge in [-0.3, -0.25) is 14.4 Å². The Morgan fingerprint density at radius 1 is 1.06 bits per heavy atom. The molecule has 8 heteroatoms. The molecule has 2 aromatic carbocycles. The summed E-state index contributed by atoms with van der Waals surface area (Å²) in [5.41, 5.74) is 3.43. The van der Waals surface area contributed by atoms with E-state index in [0.717, 1.165) is 22.0 Å². The van der Waals surface area contributed by atoms with Gasteiger partial charge in [0.05, 0.1) is 18.5 Å². The van der Waals surface area contributed by atoms with Crippen molar-refractivity contribution in [2.75, 3.05) is 32.8 Å². The lowest BCUT2D eigenvalue weighted by atomic mass is 10.1. The maximum Gasteiger partial charge on any atom is 0.255 e. The number of nitrogens with zero attached hydrogens (tertiary/aromatic N) is 2. The van der Waals surface area contributed by atoms with E-state index in [1.165, 1.54) is 0 Å². The Morgan fingerprint density at radius 3 is 2.74 bits per heavy atom. The molecule has 0 spiro atoms. The van der Waals surface area contributed by atoms with Crippen LogP contribution in [0, 0.1) is 6.92 Å². The van der Waals surface area contributed by atoms with Crippen LogP contribution in [0.25, 0.3) is 10.9 Å². The highest BCUT2D eigenvalue weighted by Gasteiger charge is 2.19. The third-order valence-electron chi connectivity index (χ3n) is 6.23. The summed E-state index contributed by atoms with van der Waals surface area (Å²) in [5.74, 6) is 0.119. The van der Waals surface area contributed by atoms with Gasteiger partial charge in [0, 0.05) is 50.2 Å². The van der Waals surface area contributed by atoms with Crippen LogP contribution in [-0.4, -0.2) is 60.0 Å². The molecule has 0 bridgehead atoms. The second-order valence-electron chi connectivity index (χ2n) is 8.90. The number of amides is 3. The van der Waals surface area contributed by atoms with Crippen LogP contribution in [0.4, 0.5) is 0 Å². The smallest absolute Gasteiger partial charge is 0.255 e. The molecule has 8 nitrogen and oxygen atoms in total. The first-order valence-corrected chi connectivity index (χ1v) is 12.0. The number of hydrogen-bond acceptors (Lipinski definition) is 4. The average molecular weight is 477 g/mol. The van der Waals surface area contributed by atoms with Crippen molar-refractivity contribution in [1.82, 2.24) is 20.1 Å². The van der Waals surface area contributed by atoms with E-state index in [4.69, 9.17) is 4.74 Å². The molecule has 0 atom stereocenters. The van der Waals surface area contributed by atoms with Crippen molar-refractivity contribution in [2.45, 2.75) is 26.2 Å². The van der Waals surface area contributed by atoms with Crippen molar-refractivity contribution in [3.63, 3.8) is 0 Å². The predicted octanol–water partition coefficient (Wildman–Crippen LogP) is 2.58. The number of para-hydroxylation sites is 1. The van der Waals surface area contributed by atoms with E-state index in [2.05, 4.69) is 10.6 Å². The average Bonchev–Trinajstić information content (AvgIpc) is 3.15. The molecule has 0 radical (unpaired) electrons. The monoisotopic (exact) mass is 476 g/mol. The molecule has 184 valence electrons. The number of hydrogen-bond donors (Lipinski definition) is 2. The normalized spacial score (nSPS) is 15.9. The van der Waals surface area contributed by atoms with Gasteiger partial charge in [-0.25, -0.2) is 0 Å². The number of carbonyl (C=O) groups is 3. The number of fused-ring (bicyclic) bond motifs is 2. The highest BCUT2D eigenvalue weighted by Crippen LogP contribution is 2.22. The molecular formula is C27H32N4O4. The minimum absolute atomic E-state index is 0.0279. The molecule has 1 aromatic heterocycles. The fourth-order valence-corrected chi connectivity index (χ4v) is 4.42. The van der Waals surface area contributed by atoms with Gasteiger partial charge in [-0.1, -0.05) is 29.8 Å². The van der Waals surface area contributed by atoms with E-state index in [1.54, 1.807) is 17.0 Å². The van der Waals surface area contributed by atoms with Crippen LogP contribution >= 0.6 is 0 Å². The van der Waals surface area contributed by atoms with E-state index >= 15 is 0 Å². The fraction of sp³-hybridized carbons (Fsp3) is 0.370. The molecule has 4 rings (SSSR count). The molecule has 3 amide bonds. The van der Waals surface area contributed by atoms with Gasteiger partial charge >= 0.3 is 0 Å². The summed E-state index contributed by atoms with van der Waals surface area (Å²) in [7, 11) is 1.97. The zero-order valence-electron chi connectivity index (χ0n) is 20.3. The number of nitrogens with one attached hydrogen (secondary N) is 2. The Hall–Kier alpha value is -3.81. The first-order chi connectivity index (χ1) is 16.9. The van der Waals surface area contributed by atoms with Crippen molar-refractivity contribution >= 4 is 28.6 Å². The Morgan fingerprint density at radius 2 is 1.89 bits per heavy atom. The van der Waals surface area contributed by atoms with Gasteiger partial charge < -0.3 is 24.8 Å². The van der Waals surface area contributed by atoms with Gasteiger partial charge in [0.15, 0.2) is 0 Å². The van der Waals surface area contributed by atoms with Crippen LogP contribution in [-0.2, 0) is 23.1 Å². The summed E-state index contributed by atoms with van der Waals surface area (Å²) in [6, 6.07) is 13.4. The fourth-order valence-electron chi connectivity index (χ4n) is 4.42. The summed E-state index contributed by atoms with van der Waals surface area (Å²) in [5, 5.41) is 6.83. The number of aryl methyl sites for hydroxylation is 2. The number of benzene rings is 2. The van der Waals surface area contributed by atoms with Crippen molar-refractivity contribution in [3.05, 3.63) is 65.4 Å². The quantitative estimate of drug-likeness (QED) is 0.595. The largest absolute Gasteiger partial charge is 0.491 e. The second kappa shape index (κ2) is 11.1. The van der Waals surface area contributed by atoms with Crippen molar-refractivity contribution < 1.29 is 19.1 Å². The predicted molar refractivity (Wildman–Crippen MR) is 134 cm³/mol. The minimum atomic E-state index is -0.246. The van der Waals surface area contributed by atoms with Gasteiger partial charge in [-0.05, 0) is 37.1 Å². The minimum Gasteiger partial charge on any atom is -0.491 e. The van der Waals surface area contributed by atoms with E-state index < -0.39 is 0 Å². The molecule has 0 saturated heterocycles. The van der Waals surface area contributed by atoms with E-state index in [0.29, 0.717) is 50.3 Å². The van der Waals surface area contributed by atoms with Gasteiger partial charge in [0.1, 0.15) is 12.4 Å². The molecule has 1 aliphatic heterocycles. The summed E-state index contributed by atoms with van der Waals surface area (Å²) in [4.78, 5) is 40.2. The van der Waals surface area contributed by atoms with Crippen LogP contribution in [0.2, 0.25) is 0 Å². The lowest BCUT2D eigenvalue weighted by molar-refractivity contribution is -0.131. The molecule has 3 aromatic rings. The van der Waals surface area contributed by atoms with Crippen LogP contribution in [0.1, 0.15) is 34.3 Å². The highest BCUT2D eigenvalue weighted by molar-refractivity contribution is 5.97. The molecule has 2 N–H and O–H groups in total. The number of ether oxygens (including phenoxy) is 1. The topological polar surface area (TPSA) is 92.7 Å². The first kappa shape index (κ1) is 24.3. The third-order valence-corrected chi connectivity index (χ3v) is 6.23. The SMILES string of the molecule is Cc1ccc2c(c1)C(=O)NCCN(C(=O)Cc1cn(C)c3ccccc13)CCCC(=O)NCCO2. The second-order valence-corrected chi connectivity index (χ2v) is 8.90. The Kier molecular flexibility index (Phi) is 7.70. The maximum absolute atomic E-state index is 13.3. The highest BCUT2D eigenvalue weighted by atomic mass is 16.5. The molecule has 0 unspecified atom stereocenters. The van der Waals surface area contributed by atoms with Crippen LogP contribution in [0.3, 0.4) is 0 Å². The molecule has 1 aliphatic rings. The molecule has 0 saturated carbocycles. The number of carbonyl (C=O) groups excluding carboxylic acids is 3. The Labute approximate surface area is 205 Å². The van der Waals surface area contributed by atoms with E-state index in [9.17, 15) is 14.4 Å². The summed E-state index contributed by atoms with van der Waals surface area (Å²) in [6.07, 6.45) is 3.11. The Bertz CT molecular complexity index is 1230. The van der Waals surface area contributed by atoms with E-state index in [-0.39, 0.29) is 30.7 Å². The lowest BCUT2D eigenvalue weighted by Gasteiger charge is -2.23. The van der Waals surface area contributed by atoms with Gasteiger partial charge in [0.2, 0.25) is 11.8 Å². The molecule has 35 heavy (non-hydrogen) atoms. The standard InChI is InChI=1S/C27H32N4O4/c1-19-9-10-24-22(16-19)27(34)29-11-14-31(13-5-8-25(32)28-12-15-35-24)26(33)17-20-18-30(2)23-7-4-3-6-21(20)23/h3-4,6-7,9-10,16,18H,5,8,11-15,17H2,1-2H3,(H,28,32)(H,29,34).